The Morgan fingerprint density at radius 1 is 1.00 bits per heavy atom. The monoisotopic (exact) mass is 210 g/mol. The molecule has 1 aromatic heterocycles. The molecule has 16 heavy (non-hydrogen) atoms. The number of rotatable bonds is 1. The number of fused-ring (bicyclic) bond motifs is 1. The maximum Gasteiger partial charge on any atom is 0.137 e. The van der Waals surface area contributed by atoms with Crippen molar-refractivity contribution in [3.63, 3.8) is 0 Å². The Kier molecular flexibility index (Phi) is 2.00. The second-order valence-corrected chi connectivity index (χ2v) is 4.44. The Hall–Kier alpha value is -1.76. The van der Waals surface area contributed by atoms with E-state index in [0.717, 1.165) is 11.3 Å². The quantitative estimate of drug-likeness (QED) is 0.685. The number of hydrogen-bond acceptors (Lipinski definition) is 1. The van der Waals surface area contributed by atoms with Crippen molar-refractivity contribution in [1.29, 1.82) is 0 Å². The molecule has 80 valence electrons. The molecule has 0 bridgehead atoms. The fourth-order valence-electron chi connectivity index (χ4n) is 2.32. The van der Waals surface area contributed by atoms with Crippen LogP contribution in [0.1, 0.15) is 22.8 Å². The SMILES string of the molecule is Cc1cc(C)c2oc(C3C=CC=C3)cc2c1. The van der Waals surface area contributed by atoms with Gasteiger partial charge in [-0.3, -0.25) is 0 Å². The first-order valence-electron chi connectivity index (χ1n) is 5.60. The summed E-state index contributed by atoms with van der Waals surface area (Å²) >= 11 is 0. The average Bonchev–Trinajstić information content (AvgIpc) is 2.82. The fourth-order valence-corrected chi connectivity index (χ4v) is 2.32. The summed E-state index contributed by atoms with van der Waals surface area (Å²) in [5.74, 6) is 1.35. The third-order valence-corrected chi connectivity index (χ3v) is 3.04. The summed E-state index contributed by atoms with van der Waals surface area (Å²) in [5, 5.41) is 1.21. The molecule has 0 spiro atoms. The molecule has 1 aromatic carbocycles. The first kappa shape index (κ1) is 9.46. The normalized spacial score (nSPS) is 15.4. The molecule has 0 amide bonds. The van der Waals surface area contributed by atoms with Crippen molar-refractivity contribution in [2.75, 3.05) is 0 Å². The maximum atomic E-state index is 5.94. The molecule has 0 fully saturated rings. The van der Waals surface area contributed by atoms with Crippen LogP contribution in [0.3, 0.4) is 0 Å². The van der Waals surface area contributed by atoms with Crippen LogP contribution >= 0.6 is 0 Å². The second kappa shape index (κ2) is 3.38. The first-order valence-corrected chi connectivity index (χ1v) is 5.60. The van der Waals surface area contributed by atoms with Gasteiger partial charge in [0, 0.05) is 5.39 Å². The van der Waals surface area contributed by atoms with Crippen molar-refractivity contribution in [3.05, 3.63) is 59.4 Å². The third kappa shape index (κ3) is 1.40. The lowest BCUT2D eigenvalue weighted by atomic mass is 10.1. The Balaban J connectivity index is 2.19. The lowest BCUT2D eigenvalue weighted by Crippen LogP contribution is -1.83. The molecule has 1 heterocycles. The van der Waals surface area contributed by atoms with Crippen LogP contribution in [0.5, 0.6) is 0 Å². The van der Waals surface area contributed by atoms with E-state index in [0.29, 0.717) is 5.92 Å². The second-order valence-electron chi connectivity index (χ2n) is 4.44. The van der Waals surface area contributed by atoms with Crippen molar-refractivity contribution in [2.45, 2.75) is 19.8 Å². The Labute approximate surface area is 95.1 Å². The number of hydrogen-bond donors (Lipinski definition) is 0. The molecule has 0 N–H and O–H groups in total. The zero-order chi connectivity index (χ0) is 11.1. The molecule has 0 saturated carbocycles. The van der Waals surface area contributed by atoms with Crippen LogP contribution in [-0.4, -0.2) is 0 Å². The number of allylic oxidation sites excluding steroid dienone is 4. The van der Waals surface area contributed by atoms with Crippen molar-refractivity contribution in [2.24, 2.45) is 0 Å². The molecular formula is C15H14O. The number of aryl methyl sites for hydroxylation is 2. The van der Waals surface area contributed by atoms with E-state index < -0.39 is 0 Å². The minimum Gasteiger partial charge on any atom is -0.460 e. The predicted octanol–water partition coefficient (Wildman–Crippen LogP) is 4.26. The van der Waals surface area contributed by atoms with E-state index in [4.69, 9.17) is 4.42 Å². The fraction of sp³-hybridized carbons (Fsp3) is 0.200. The molecule has 1 nitrogen and oxygen atoms in total. The van der Waals surface area contributed by atoms with Gasteiger partial charge in [-0.15, -0.1) is 0 Å². The summed E-state index contributed by atoms with van der Waals surface area (Å²) in [6.45, 7) is 4.22. The molecule has 0 aliphatic heterocycles. The van der Waals surface area contributed by atoms with Crippen LogP contribution in [-0.2, 0) is 0 Å². The van der Waals surface area contributed by atoms with Crippen molar-refractivity contribution >= 4 is 11.0 Å². The van der Waals surface area contributed by atoms with Crippen LogP contribution in [0.25, 0.3) is 11.0 Å². The highest BCUT2D eigenvalue weighted by Gasteiger charge is 2.13. The molecular weight excluding hydrogens is 196 g/mol. The van der Waals surface area contributed by atoms with Gasteiger partial charge >= 0.3 is 0 Å². The maximum absolute atomic E-state index is 5.94. The van der Waals surface area contributed by atoms with E-state index in [1.807, 2.05) is 0 Å². The molecule has 0 atom stereocenters. The largest absolute Gasteiger partial charge is 0.460 e. The molecule has 2 aromatic rings. The van der Waals surface area contributed by atoms with Gasteiger partial charge in [-0.1, -0.05) is 35.9 Å². The number of furan rings is 1. The summed E-state index contributed by atoms with van der Waals surface area (Å²) in [7, 11) is 0. The zero-order valence-corrected chi connectivity index (χ0v) is 9.53. The standard InChI is InChI=1S/C15H14O/c1-10-7-11(2)15-13(8-10)9-14(16-15)12-5-3-4-6-12/h3-9,12H,1-2H3. The molecule has 1 heteroatoms. The molecule has 0 unspecified atom stereocenters. The van der Waals surface area contributed by atoms with Gasteiger partial charge in [0.25, 0.3) is 0 Å². The highest BCUT2D eigenvalue weighted by atomic mass is 16.3. The van der Waals surface area contributed by atoms with E-state index in [1.165, 1.54) is 16.5 Å². The van der Waals surface area contributed by atoms with Crippen LogP contribution in [0.2, 0.25) is 0 Å². The predicted molar refractivity (Wildman–Crippen MR) is 66.7 cm³/mol. The van der Waals surface area contributed by atoms with Gasteiger partial charge in [0.15, 0.2) is 0 Å². The van der Waals surface area contributed by atoms with Crippen LogP contribution in [0, 0.1) is 13.8 Å². The molecule has 3 rings (SSSR count). The van der Waals surface area contributed by atoms with Gasteiger partial charge in [-0.05, 0) is 31.5 Å². The summed E-state index contributed by atoms with van der Waals surface area (Å²) in [6, 6.07) is 6.49. The number of benzene rings is 1. The Morgan fingerprint density at radius 3 is 2.50 bits per heavy atom. The van der Waals surface area contributed by atoms with Crippen LogP contribution in [0.4, 0.5) is 0 Å². The lowest BCUT2D eigenvalue weighted by molar-refractivity contribution is 0.549. The summed E-state index contributed by atoms with van der Waals surface area (Å²) < 4.78 is 5.94. The van der Waals surface area contributed by atoms with E-state index in [-0.39, 0.29) is 0 Å². The van der Waals surface area contributed by atoms with Crippen molar-refractivity contribution in [3.8, 4) is 0 Å². The summed E-state index contributed by atoms with van der Waals surface area (Å²) in [5.41, 5.74) is 3.52. The highest BCUT2D eigenvalue weighted by molar-refractivity contribution is 5.82. The van der Waals surface area contributed by atoms with Gasteiger partial charge in [0.1, 0.15) is 11.3 Å². The summed E-state index contributed by atoms with van der Waals surface area (Å²) in [6.07, 6.45) is 8.44. The zero-order valence-electron chi connectivity index (χ0n) is 9.53. The van der Waals surface area contributed by atoms with E-state index in [1.54, 1.807) is 0 Å². The van der Waals surface area contributed by atoms with Crippen LogP contribution < -0.4 is 0 Å². The Bertz CT molecular complexity index is 587. The van der Waals surface area contributed by atoms with Gasteiger partial charge in [-0.25, -0.2) is 0 Å². The smallest absolute Gasteiger partial charge is 0.137 e. The molecule has 0 saturated heterocycles. The minimum atomic E-state index is 0.312. The van der Waals surface area contributed by atoms with Gasteiger partial charge < -0.3 is 4.42 Å². The van der Waals surface area contributed by atoms with Gasteiger partial charge in [0.2, 0.25) is 0 Å². The lowest BCUT2D eigenvalue weighted by Gasteiger charge is -1.99. The molecule has 0 radical (unpaired) electrons. The van der Waals surface area contributed by atoms with Crippen molar-refractivity contribution in [1.82, 2.24) is 0 Å². The van der Waals surface area contributed by atoms with Crippen LogP contribution in [0.15, 0.2) is 46.9 Å². The van der Waals surface area contributed by atoms with E-state index in [2.05, 4.69) is 56.4 Å². The molecule has 1 aliphatic carbocycles. The average molecular weight is 210 g/mol. The van der Waals surface area contributed by atoms with Crippen molar-refractivity contribution < 1.29 is 4.42 Å². The minimum absolute atomic E-state index is 0.312. The van der Waals surface area contributed by atoms with E-state index >= 15 is 0 Å². The van der Waals surface area contributed by atoms with E-state index in [9.17, 15) is 0 Å². The molecule has 1 aliphatic rings. The third-order valence-electron chi connectivity index (χ3n) is 3.04. The van der Waals surface area contributed by atoms with Gasteiger partial charge in [-0.2, -0.15) is 0 Å². The summed E-state index contributed by atoms with van der Waals surface area (Å²) in [4.78, 5) is 0. The first-order chi connectivity index (χ1) is 7.74. The highest BCUT2D eigenvalue weighted by Crippen LogP contribution is 2.31. The topological polar surface area (TPSA) is 13.1 Å². The van der Waals surface area contributed by atoms with Gasteiger partial charge in [0.05, 0.1) is 5.92 Å². The Morgan fingerprint density at radius 2 is 1.75 bits per heavy atom.